The van der Waals surface area contributed by atoms with Crippen LogP contribution in [-0.4, -0.2) is 22.0 Å². The van der Waals surface area contributed by atoms with Crippen molar-refractivity contribution in [3.05, 3.63) is 0 Å². The van der Waals surface area contributed by atoms with Crippen LogP contribution in [0.1, 0.15) is 158 Å². The maximum atomic E-state index is 5.88. The van der Waals surface area contributed by atoms with Gasteiger partial charge in [0.25, 0.3) is 0 Å². The molecule has 0 rings (SSSR count). The van der Waals surface area contributed by atoms with Crippen LogP contribution >= 0.6 is 46.4 Å². The lowest BCUT2D eigenvalue weighted by atomic mass is 10.2. The van der Waals surface area contributed by atoms with Gasteiger partial charge < -0.3 is 0 Å². The van der Waals surface area contributed by atoms with Crippen molar-refractivity contribution in [1.82, 2.24) is 0 Å². The Morgan fingerprint density at radius 3 is 1.31 bits per heavy atom. The average Bonchev–Trinajstić information content (AvgIpc) is 2.77. The van der Waals surface area contributed by atoms with Crippen LogP contribution in [0.15, 0.2) is 0 Å². The molecule has 0 saturated carbocycles. The Balaban J connectivity index is -0.000000163. The molecule has 0 aliphatic rings. The van der Waals surface area contributed by atoms with Crippen molar-refractivity contribution in [2.24, 2.45) is 0 Å². The summed E-state index contributed by atoms with van der Waals surface area (Å²) in [4.78, 5) is 0. The van der Waals surface area contributed by atoms with Gasteiger partial charge in [-0.25, -0.2) is 0 Å². The van der Waals surface area contributed by atoms with Gasteiger partial charge in [0.1, 0.15) is 0 Å². The van der Waals surface area contributed by atoms with Crippen molar-refractivity contribution < 1.29 is 0 Å². The van der Waals surface area contributed by atoms with Crippen molar-refractivity contribution >= 4 is 46.4 Å². The molecule has 0 aliphatic heterocycles. The van der Waals surface area contributed by atoms with E-state index in [0.717, 1.165) is 12.3 Å². The first-order valence-electron chi connectivity index (χ1n) is 13.8. The third kappa shape index (κ3) is 52.8. The highest BCUT2D eigenvalue weighted by molar-refractivity contribution is 6.20. The smallest absolute Gasteiger partial charge is 0.0335 e. The number of rotatable bonds is 17. The molecular formula is C28H60Cl4. The fourth-order valence-corrected chi connectivity index (χ4v) is 3.71. The van der Waals surface area contributed by atoms with Crippen molar-refractivity contribution in [1.29, 1.82) is 0 Å². The first-order chi connectivity index (χ1) is 15.3. The van der Waals surface area contributed by atoms with Crippen LogP contribution in [-0.2, 0) is 0 Å². The Morgan fingerprint density at radius 1 is 0.469 bits per heavy atom. The van der Waals surface area contributed by atoms with Gasteiger partial charge in [-0.3, -0.25) is 0 Å². The van der Waals surface area contributed by atoms with Gasteiger partial charge in [0.2, 0.25) is 0 Å². The molecule has 0 nitrogen and oxygen atoms in total. The molecule has 0 N–H and O–H groups in total. The zero-order valence-corrected chi connectivity index (χ0v) is 26.0. The van der Waals surface area contributed by atoms with E-state index in [1.165, 1.54) is 103 Å². The molecule has 0 bridgehead atoms. The number of halogens is 4. The monoisotopic (exact) mass is 536 g/mol. The number of hydrogen-bond donors (Lipinski definition) is 0. The van der Waals surface area contributed by atoms with E-state index < -0.39 is 0 Å². The Bertz CT molecular complexity index is 260. The van der Waals surface area contributed by atoms with E-state index in [0.29, 0.717) is 16.1 Å². The lowest BCUT2D eigenvalue weighted by Gasteiger charge is -2.02. The summed E-state index contributed by atoms with van der Waals surface area (Å²) in [5, 5.41) is 1.24. The van der Waals surface area contributed by atoms with Crippen LogP contribution < -0.4 is 0 Å². The molecule has 0 aromatic carbocycles. The molecule has 0 aliphatic carbocycles. The molecule has 0 saturated heterocycles. The molecule has 2 unspecified atom stereocenters. The summed E-state index contributed by atoms with van der Waals surface area (Å²) in [6.07, 6.45) is 21.3. The van der Waals surface area contributed by atoms with E-state index in [1.54, 1.807) is 0 Å². The van der Waals surface area contributed by atoms with Crippen molar-refractivity contribution in [3.8, 4) is 0 Å². The predicted octanol–water partition coefficient (Wildman–Crippen LogP) is 12.8. The molecule has 200 valence electrons. The zero-order valence-electron chi connectivity index (χ0n) is 23.0. The summed E-state index contributed by atoms with van der Waals surface area (Å²) in [7, 11) is 0. The molecule has 0 spiro atoms. The number of hydrogen-bond acceptors (Lipinski definition) is 0. The Morgan fingerprint density at radius 2 is 0.938 bits per heavy atom. The molecule has 0 fully saturated rings. The highest BCUT2D eigenvalue weighted by atomic mass is 35.5. The van der Waals surface area contributed by atoms with Crippen molar-refractivity contribution in [2.45, 2.75) is 174 Å². The molecule has 32 heavy (non-hydrogen) atoms. The standard InChI is InChI=1S/4C7H15Cl/c1-3-4-5-6-7(2)8;1-3-5-6-7(8)4-2;1-3-5-7(8)6-4-2;1-2-3-4-5-6-7-8/h3*7H,3-6H2,1-2H3;2-7H2,1H3. The van der Waals surface area contributed by atoms with E-state index in [4.69, 9.17) is 46.4 Å². The lowest BCUT2D eigenvalue weighted by molar-refractivity contribution is 0.658. The van der Waals surface area contributed by atoms with E-state index in [1.807, 2.05) is 0 Å². The van der Waals surface area contributed by atoms with Crippen LogP contribution in [0.4, 0.5) is 0 Å². The van der Waals surface area contributed by atoms with Crippen LogP contribution in [0, 0.1) is 0 Å². The minimum absolute atomic E-state index is 0.376. The van der Waals surface area contributed by atoms with Crippen LogP contribution in [0.5, 0.6) is 0 Å². The third-order valence-electron chi connectivity index (χ3n) is 4.96. The van der Waals surface area contributed by atoms with E-state index >= 15 is 0 Å². The molecule has 4 heteroatoms. The van der Waals surface area contributed by atoms with Crippen LogP contribution in [0.25, 0.3) is 0 Å². The quantitative estimate of drug-likeness (QED) is 0.128. The third-order valence-corrected chi connectivity index (χ3v) is 6.41. The average molecular weight is 539 g/mol. The van der Waals surface area contributed by atoms with Gasteiger partial charge in [0.15, 0.2) is 0 Å². The molecular weight excluding hydrogens is 478 g/mol. The summed E-state index contributed by atoms with van der Waals surface area (Å²) in [6, 6.07) is 0. The largest absolute Gasteiger partial charge is 0.127 e. The van der Waals surface area contributed by atoms with E-state index in [-0.39, 0.29) is 0 Å². The fraction of sp³-hybridized carbons (Fsp3) is 1.00. The summed E-state index contributed by atoms with van der Waals surface area (Å²) in [5.41, 5.74) is 0. The van der Waals surface area contributed by atoms with Crippen molar-refractivity contribution in [2.75, 3.05) is 5.88 Å². The number of alkyl halides is 4. The van der Waals surface area contributed by atoms with E-state index in [9.17, 15) is 0 Å². The summed E-state index contributed by atoms with van der Waals surface area (Å²) in [5.74, 6) is 0.837. The second-order valence-electron chi connectivity index (χ2n) is 8.70. The molecule has 0 aromatic rings. The van der Waals surface area contributed by atoms with Crippen LogP contribution in [0.3, 0.4) is 0 Å². The van der Waals surface area contributed by atoms with E-state index in [2.05, 4.69) is 48.5 Å². The molecule has 2 atom stereocenters. The van der Waals surface area contributed by atoms with Crippen LogP contribution in [0.2, 0.25) is 0 Å². The molecule has 0 radical (unpaired) electrons. The summed E-state index contributed by atoms with van der Waals surface area (Å²) < 4.78 is 0. The first kappa shape index (κ1) is 40.3. The van der Waals surface area contributed by atoms with Gasteiger partial charge in [-0.1, -0.05) is 112 Å². The van der Waals surface area contributed by atoms with Gasteiger partial charge >= 0.3 is 0 Å². The number of unbranched alkanes of at least 4 members (excludes halogenated alkanes) is 7. The Kier molecular flexibility index (Phi) is 49.6. The van der Waals surface area contributed by atoms with Gasteiger partial charge in [-0.2, -0.15) is 0 Å². The topological polar surface area (TPSA) is 0 Å². The molecule has 0 amide bonds. The zero-order chi connectivity index (χ0) is 25.5. The minimum atomic E-state index is 0.376. The summed E-state index contributed by atoms with van der Waals surface area (Å²) in [6.45, 7) is 15.2. The second-order valence-corrected chi connectivity index (χ2v) is 11.1. The fourth-order valence-electron chi connectivity index (χ4n) is 2.77. The molecule has 0 aromatic heterocycles. The first-order valence-corrected chi connectivity index (χ1v) is 15.6. The lowest BCUT2D eigenvalue weighted by Crippen LogP contribution is -1.94. The van der Waals surface area contributed by atoms with Gasteiger partial charge in [0, 0.05) is 22.0 Å². The minimum Gasteiger partial charge on any atom is -0.127 e. The van der Waals surface area contributed by atoms with Gasteiger partial charge in [0.05, 0.1) is 0 Å². The normalized spacial score (nSPS) is 12.0. The predicted molar refractivity (Wildman–Crippen MR) is 158 cm³/mol. The SMILES string of the molecule is CCCC(Cl)CCC.CCCCC(Cl)CC.CCCCCC(C)Cl.CCCCCCCCl. The van der Waals surface area contributed by atoms with Crippen molar-refractivity contribution in [3.63, 3.8) is 0 Å². The summed E-state index contributed by atoms with van der Waals surface area (Å²) >= 11 is 22.9. The Labute approximate surface area is 225 Å². The Hall–Kier alpha value is 1.16. The maximum absolute atomic E-state index is 5.88. The van der Waals surface area contributed by atoms with Gasteiger partial charge in [-0.15, -0.1) is 46.4 Å². The highest BCUT2D eigenvalue weighted by Crippen LogP contribution is 2.11. The highest BCUT2D eigenvalue weighted by Gasteiger charge is 1.98. The molecule has 0 heterocycles. The van der Waals surface area contributed by atoms with Gasteiger partial charge in [-0.05, 0) is 45.4 Å². The second kappa shape index (κ2) is 39.4. The maximum Gasteiger partial charge on any atom is 0.0335 e.